The van der Waals surface area contributed by atoms with Crippen LogP contribution in [0.15, 0.2) is 4.99 Å². The maximum absolute atomic E-state index is 6.02. The van der Waals surface area contributed by atoms with Crippen molar-refractivity contribution < 1.29 is 4.74 Å². The Hall–Kier alpha value is -1.14. The number of nitrogens with two attached hydrogens (primary N) is 1. The van der Waals surface area contributed by atoms with E-state index < -0.39 is 0 Å². The second-order valence-corrected chi connectivity index (χ2v) is 5.83. The quantitative estimate of drug-likeness (QED) is 0.648. The van der Waals surface area contributed by atoms with Crippen LogP contribution in [0.25, 0.3) is 0 Å². The maximum Gasteiger partial charge on any atom is 0.191 e. The molecule has 1 aromatic rings. The summed E-state index contributed by atoms with van der Waals surface area (Å²) in [6.07, 6.45) is 0.222. The molecule has 0 aliphatic carbocycles. The number of aliphatic imine (C=N–C) groups is 1. The molecule has 5 nitrogen and oxygen atoms in total. The SMILES string of the molecule is Cc1nc(C)c(CN=C(N)N2CCOC(C)C2)s1. The molecule has 0 amide bonds. The zero-order valence-corrected chi connectivity index (χ0v) is 12.0. The molecule has 0 radical (unpaired) electrons. The fourth-order valence-electron chi connectivity index (χ4n) is 2.00. The first-order valence-corrected chi connectivity index (χ1v) is 6.97. The van der Waals surface area contributed by atoms with Gasteiger partial charge in [0.05, 0.1) is 30.0 Å². The predicted octanol–water partition coefficient (Wildman–Crippen LogP) is 1.30. The van der Waals surface area contributed by atoms with Crippen LogP contribution in [0.3, 0.4) is 0 Å². The molecule has 1 aromatic heterocycles. The number of hydrogen-bond acceptors (Lipinski definition) is 4. The summed E-state index contributed by atoms with van der Waals surface area (Å²) in [6.45, 7) is 9.05. The molecule has 2 rings (SSSR count). The number of nitrogens with zero attached hydrogens (tertiary/aromatic N) is 3. The fourth-order valence-corrected chi connectivity index (χ4v) is 2.86. The molecular weight excluding hydrogens is 248 g/mol. The van der Waals surface area contributed by atoms with Crippen molar-refractivity contribution in [3.05, 3.63) is 15.6 Å². The summed E-state index contributed by atoms with van der Waals surface area (Å²) in [5.41, 5.74) is 7.08. The lowest BCUT2D eigenvalue weighted by molar-refractivity contribution is 0.00529. The van der Waals surface area contributed by atoms with Crippen LogP contribution < -0.4 is 5.73 Å². The molecule has 2 N–H and O–H groups in total. The van der Waals surface area contributed by atoms with Gasteiger partial charge in [0.1, 0.15) is 0 Å². The predicted molar refractivity (Wildman–Crippen MR) is 73.9 cm³/mol. The summed E-state index contributed by atoms with van der Waals surface area (Å²) >= 11 is 1.69. The van der Waals surface area contributed by atoms with Crippen LogP contribution >= 0.6 is 11.3 Å². The molecule has 6 heteroatoms. The van der Waals surface area contributed by atoms with E-state index in [4.69, 9.17) is 10.5 Å². The van der Waals surface area contributed by atoms with Gasteiger partial charge in [-0.3, -0.25) is 0 Å². The van der Waals surface area contributed by atoms with Gasteiger partial charge in [-0.15, -0.1) is 11.3 Å². The molecule has 0 aromatic carbocycles. The summed E-state index contributed by atoms with van der Waals surface area (Å²) in [5, 5.41) is 1.08. The van der Waals surface area contributed by atoms with Gasteiger partial charge in [-0.2, -0.15) is 0 Å². The maximum atomic E-state index is 6.02. The van der Waals surface area contributed by atoms with Crippen molar-refractivity contribution in [1.29, 1.82) is 0 Å². The Labute approximate surface area is 112 Å². The van der Waals surface area contributed by atoms with E-state index in [0.717, 1.165) is 30.4 Å². The first-order valence-electron chi connectivity index (χ1n) is 6.15. The normalized spacial score (nSPS) is 21.4. The topological polar surface area (TPSA) is 63.7 Å². The third-order valence-corrected chi connectivity index (χ3v) is 4.01. The van der Waals surface area contributed by atoms with Crippen molar-refractivity contribution in [2.45, 2.75) is 33.4 Å². The first kappa shape index (κ1) is 13.3. The van der Waals surface area contributed by atoms with Crippen molar-refractivity contribution in [3.63, 3.8) is 0 Å². The number of aromatic nitrogens is 1. The molecule has 1 aliphatic heterocycles. The molecule has 0 spiro atoms. The molecule has 1 atom stereocenters. The Morgan fingerprint density at radius 1 is 1.61 bits per heavy atom. The molecule has 0 bridgehead atoms. The third-order valence-electron chi connectivity index (χ3n) is 2.95. The number of morpholine rings is 1. The number of ether oxygens (including phenoxy) is 1. The van der Waals surface area contributed by atoms with Crippen LogP contribution in [0, 0.1) is 13.8 Å². The van der Waals surface area contributed by atoms with E-state index in [1.165, 1.54) is 4.88 Å². The van der Waals surface area contributed by atoms with Gasteiger partial charge in [-0.05, 0) is 20.8 Å². The smallest absolute Gasteiger partial charge is 0.191 e. The van der Waals surface area contributed by atoms with E-state index in [9.17, 15) is 0 Å². The molecular formula is C12H20N4OS. The van der Waals surface area contributed by atoms with E-state index in [-0.39, 0.29) is 6.10 Å². The molecule has 100 valence electrons. The fraction of sp³-hybridized carbons (Fsp3) is 0.667. The van der Waals surface area contributed by atoms with E-state index in [1.807, 2.05) is 13.8 Å². The standard InChI is InChI=1S/C12H20N4OS/c1-8-7-16(4-5-17-8)12(13)14-6-11-9(2)15-10(3)18-11/h8H,4-7H2,1-3H3,(H2,13,14). The van der Waals surface area contributed by atoms with Crippen LogP contribution in [0.1, 0.15) is 22.5 Å². The Morgan fingerprint density at radius 3 is 3.00 bits per heavy atom. The first-order chi connectivity index (χ1) is 8.56. The highest BCUT2D eigenvalue weighted by Gasteiger charge is 2.18. The second kappa shape index (κ2) is 5.67. The lowest BCUT2D eigenvalue weighted by Crippen LogP contribution is -2.47. The average Bonchev–Trinajstić information content (AvgIpc) is 2.65. The van der Waals surface area contributed by atoms with Crippen molar-refractivity contribution >= 4 is 17.3 Å². The number of thiazole rings is 1. The van der Waals surface area contributed by atoms with Gasteiger partial charge >= 0.3 is 0 Å². The van der Waals surface area contributed by atoms with Gasteiger partial charge in [0.15, 0.2) is 5.96 Å². The number of guanidine groups is 1. The molecule has 18 heavy (non-hydrogen) atoms. The van der Waals surface area contributed by atoms with Gasteiger partial charge in [-0.1, -0.05) is 0 Å². The highest BCUT2D eigenvalue weighted by Crippen LogP contribution is 2.18. The van der Waals surface area contributed by atoms with Crippen molar-refractivity contribution in [3.8, 4) is 0 Å². The Kier molecular flexibility index (Phi) is 4.19. The Morgan fingerprint density at radius 2 is 2.39 bits per heavy atom. The summed E-state index contributed by atoms with van der Waals surface area (Å²) < 4.78 is 5.48. The average molecular weight is 268 g/mol. The summed E-state index contributed by atoms with van der Waals surface area (Å²) in [7, 11) is 0. The Balaban J connectivity index is 1.98. The number of hydrogen-bond donors (Lipinski definition) is 1. The van der Waals surface area contributed by atoms with Gasteiger partial charge < -0.3 is 15.4 Å². The molecule has 0 saturated carbocycles. The highest BCUT2D eigenvalue weighted by atomic mass is 32.1. The van der Waals surface area contributed by atoms with Crippen molar-refractivity contribution in [2.75, 3.05) is 19.7 Å². The lowest BCUT2D eigenvalue weighted by Gasteiger charge is -2.31. The number of rotatable bonds is 2. The van der Waals surface area contributed by atoms with Gasteiger partial charge in [0.25, 0.3) is 0 Å². The summed E-state index contributed by atoms with van der Waals surface area (Å²) in [6, 6.07) is 0. The van der Waals surface area contributed by atoms with Crippen LogP contribution in [0.5, 0.6) is 0 Å². The monoisotopic (exact) mass is 268 g/mol. The zero-order chi connectivity index (χ0) is 13.1. The largest absolute Gasteiger partial charge is 0.375 e. The molecule has 1 unspecified atom stereocenters. The zero-order valence-electron chi connectivity index (χ0n) is 11.1. The molecule has 1 fully saturated rings. The number of aryl methyl sites for hydroxylation is 2. The van der Waals surface area contributed by atoms with Crippen molar-refractivity contribution in [2.24, 2.45) is 10.7 Å². The Bertz CT molecular complexity index is 443. The summed E-state index contributed by atoms with van der Waals surface area (Å²) in [4.78, 5) is 12.1. The lowest BCUT2D eigenvalue weighted by atomic mass is 10.3. The molecule has 1 aliphatic rings. The minimum absolute atomic E-state index is 0.222. The van der Waals surface area contributed by atoms with Crippen LogP contribution in [-0.2, 0) is 11.3 Å². The van der Waals surface area contributed by atoms with E-state index in [2.05, 4.69) is 21.8 Å². The van der Waals surface area contributed by atoms with Crippen LogP contribution in [-0.4, -0.2) is 41.6 Å². The minimum atomic E-state index is 0.222. The van der Waals surface area contributed by atoms with E-state index in [1.54, 1.807) is 11.3 Å². The molecule has 1 saturated heterocycles. The highest BCUT2D eigenvalue weighted by molar-refractivity contribution is 7.11. The van der Waals surface area contributed by atoms with Gasteiger partial charge in [-0.25, -0.2) is 9.98 Å². The van der Waals surface area contributed by atoms with E-state index in [0.29, 0.717) is 12.5 Å². The van der Waals surface area contributed by atoms with E-state index >= 15 is 0 Å². The summed E-state index contributed by atoms with van der Waals surface area (Å²) in [5.74, 6) is 0.607. The van der Waals surface area contributed by atoms with Gasteiger partial charge in [0, 0.05) is 18.0 Å². The van der Waals surface area contributed by atoms with Gasteiger partial charge in [0.2, 0.25) is 0 Å². The third kappa shape index (κ3) is 3.20. The minimum Gasteiger partial charge on any atom is -0.375 e. The second-order valence-electron chi connectivity index (χ2n) is 4.54. The molecule has 2 heterocycles. The van der Waals surface area contributed by atoms with Crippen molar-refractivity contribution in [1.82, 2.24) is 9.88 Å². The van der Waals surface area contributed by atoms with Crippen LogP contribution in [0.4, 0.5) is 0 Å². The van der Waals surface area contributed by atoms with Crippen LogP contribution in [0.2, 0.25) is 0 Å².